The fraction of sp³-hybridized carbons (Fsp3) is 0.548. The average Bonchev–Trinajstić information content (AvgIpc) is 3.71. The van der Waals surface area contributed by atoms with Crippen molar-refractivity contribution in [3.63, 3.8) is 0 Å². The maximum absolute atomic E-state index is 12.1. The maximum Gasteiger partial charge on any atom is 0.293 e. The lowest BCUT2D eigenvalue weighted by molar-refractivity contribution is -0.384. The second kappa shape index (κ2) is 11.9. The number of nitrogens with zero attached hydrogens (tertiary/aromatic N) is 4. The van der Waals surface area contributed by atoms with Crippen LogP contribution in [-0.2, 0) is 21.9 Å². The van der Waals surface area contributed by atoms with E-state index in [1.165, 1.54) is 11.8 Å². The Kier molecular flexibility index (Phi) is 8.61. The molecule has 1 saturated heterocycles. The number of rotatable bonds is 8. The normalized spacial score (nSPS) is 24.3. The van der Waals surface area contributed by atoms with Crippen LogP contribution in [0.15, 0.2) is 36.4 Å². The van der Waals surface area contributed by atoms with E-state index in [1.54, 1.807) is 10.4 Å². The Hall–Kier alpha value is -3.07. The molecule has 9 nitrogen and oxygen atoms in total. The largest absolute Gasteiger partial charge is 0.346 e. The molecule has 3 fully saturated rings. The van der Waals surface area contributed by atoms with E-state index in [0.29, 0.717) is 41.9 Å². The number of nitriles is 1. The molecule has 1 N–H and O–H groups in total. The van der Waals surface area contributed by atoms with Gasteiger partial charge in [-0.05, 0) is 116 Å². The zero-order valence-electron chi connectivity index (χ0n) is 24.5. The highest BCUT2D eigenvalue weighted by atomic mass is 32.2. The van der Waals surface area contributed by atoms with Gasteiger partial charge in [-0.2, -0.15) is 5.26 Å². The van der Waals surface area contributed by atoms with E-state index in [2.05, 4.69) is 22.4 Å². The Bertz CT molecular complexity index is 1530. The van der Waals surface area contributed by atoms with Gasteiger partial charge in [0.25, 0.3) is 5.69 Å². The van der Waals surface area contributed by atoms with Gasteiger partial charge in [0.05, 0.1) is 22.8 Å². The Labute approximate surface area is 254 Å². The molecule has 2 aromatic rings. The van der Waals surface area contributed by atoms with Crippen LogP contribution in [0.1, 0.15) is 67.7 Å². The van der Waals surface area contributed by atoms with E-state index in [9.17, 15) is 23.8 Å². The van der Waals surface area contributed by atoms with Crippen molar-refractivity contribution >= 4 is 38.7 Å². The zero-order chi connectivity index (χ0) is 30.2. The Balaban J connectivity index is 1.37. The Morgan fingerprint density at radius 1 is 1.26 bits per heavy atom. The van der Waals surface area contributed by atoms with Gasteiger partial charge in [0.15, 0.2) is 5.11 Å². The lowest BCUT2D eigenvalue weighted by Gasteiger charge is -2.41. The number of piperidine rings is 1. The monoisotopic (exact) mass is 609 g/mol. The number of benzene rings is 2. The molecule has 5 rings (SSSR count). The van der Waals surface area contributed by atoms with Gasteiger partial charge in [-0.1, -0.05) is 19.1 Å². The average molecular weight is 610 g/mol. The lowest BCUT2D eigenvalue weighted by atomic mass is 9.79. The molecule has 2 saturated carbocycles. The summed E-state index contributed by atoms with van der Waals surface area (Å²) in [5.41, 5.74) is 4.38. The standard InChI is InChI=1S/C31H39N5O4S2/c1-4-24-16-28(29(36(37)38)14-21(24)2)33-30(41)35(20-22-9-12-34(13-10-22)42(3,39)40)27-8-11-31(18-26(31)17-27)25-7-5-6-23(15-25)19-32/h5-7,14-16,22,26-27H,4,8-13,17-18,20H2,1-3H3,(H,33,41)/t26-,27?,31+/m0/s1. The molecule has 1 unspecified atom stereocenters. The maximum atomic E-state index is 12.1. The van der Waals surface area contributed by atoms with Crippen molar-refractivity contribution < 1.29 is 13.3 Å². The van der Waals surface area contributed by atoms with Gasteiger partial charge >= 0.3 is 0 Å². The summed E-state index contributed by atoms with van der Waals surface area (Å²) in [7, 11) is -3.22. The predicted octanol–water partition coefficient (Wildman–Crippen LogP) is 5.52. The number of aryl methyl sites for hydroxylation is 2. The van der Waals surface area contributed by atoms with Gasteiger partial charge in [0.2, 0.25) is 10.0 Å². The van der Waals surface area contributed by atoms with Gasteiger partial charge in [0.1, 0.15) is 5.69 Å². The van der Waals surface area contributed by atoms with Crippen LogP contribution in [0.3, 0.4) is 0 Å². The van der Waals surface area contributed by atoms with Gasteiger partial charge in [-0.25, -0.2) is 12.7 Å². The number of fused-ring (bicyclic) bond motifs is 1. The fourth-order valence-electron chi connectivity index (χ4n) is 7.20. The molecular weight excluding hydrogens is 571 g/mol. The summed E-state index contributed by atoms with van der Waals surface area (Å²) < 4.78 is 25.7. The van der Waals surface area contributed by atoms with Crippen LogP contribution < -0.4 is 5.32 Å². The van der Waals surface area contributed by atoms with E-state index >= 15 is 0 Å². The van der Waals surface area contributed by atoms with Crippen LogP contribution in [0, 0.1) is 40.2 Å². The highest BCUT2D eigenvalue weighted by molar-refractivity contribution is 7.88. The van der Waals surface area contributed by atoms with Crippen LogP contribution >= 0.6 is 12.2 Å². The first-order valence-electron chi connectivity index (χ1n) is 14.8. The minimum atomic E-state index is -3.22. The lowest BCUT2D eigenvalue weighted by Crippen LogP contribution is -2.49. The number of hydrogen-bond acceptors (Lipinski definition) is 6. The molecule has 11 heteroatoms. The zero-order valence-corrected chi connectivity index (χ0v) is 26.1. The summed E-state index contributed by atoms with van der Waals surface area (Å²) in [5.74, 6) is 0.753. The van der Waals surface area contributed by atoms with Gasteiger partial charge in [0, 0.05) is 31.7 Å². The summed E-state index contributed by atoms with van der Waals surface area (Å²) >= 11 is 6.00. The van der Waals surface area contributed by atoms with Crippen LogP contribution in [0.2, 0.25) is 0 Å². The number of nitrogens with one attached hydrogen (secondary N) is 1. The van der Waals surface area contributed by atoms with Crippen molar-refractivity contribution in [1.82, 2.24) is 9.21 Å². The van der Waals surface area contributed by atoms with E-state index in [0.717, 1.165) is 56.1 Å². The number of anilines is 1. The minimum Gasteiger partial charge on any atom is -0.346 e. The van der Waals surface area contributed by atoms with Gasteiger partial charge in [-0.15, -0.1) is 0 Å². The summed E-state index contributed by atoms with van der Waals surface area (Å²) in [6, 6.07) is 13.9. The van der Waals surface area contributed by atoms with Gasteiger partial charge in [-0.3, -0.25) is 10.1 Å². The van der Waals surface area contributed by atoms with Crippen molar-refractivity contribution in [3.05, 3.63) is 68.8 Å². The van der Waals surface area contributed by atoms with Crippen LogP contribution in [0.4, 0.5) is 11.4 Å². The molecular formula is C31H39N5O4S2. The molecule has 0 bridgehead atoms. The van der Waals surface area contributed by atoms with Crippen LogP contribution in [0.5, 0.6) is 0 Å². The highest BCUT2D eigenvalue weighted by Crippen LogP contribution is 2.63. The first kappa shape index (κ1) is 30.4. The number of nitro benzene ring substituents is 1. The second-order valence-corrected chi connectivity index (χ2v) is 14.6. The number of nitro groups is 1. The molecule has 224 valence electrons. The number of sulfonamides is 1. The van der Waals surface area contributed by atoms with E-state index in [4.69, 9.17) is 12.2 Å². The third kappa shape index (κ3) is 6.17. The second-order valence-electron chi connectivity index (χ2n) is 12.3. The first-order chi connectivity index (χ1) is 19.9. The van der Waals surface area contributed by atoms with Crippen LogP contribution in [-0.4, -0.2) is 59.6 Å². The number of thiocarbonyl (C=S) groups is 1. The van der Waals surface area contributed by atoms with Crippen molar-refractivity contribution in [1.29, 1.82) is 5.26 Å². The van der Waals surface area contributed by atoms with Crippen molar-refractivity contribution in [2.24, 2.45) is 11.8 Å². The third-order valence-corrected chi connectivity index (χ3v) is 11.4. The molecule has 0 amide bonds. The fourth-order valence-corrected chi connectivity index (χ4v) is 8.41. The van der Waals surface area contributed by atoms with Crippen molar-refractivity contribution in [3.8, 4) is 6.07 Å². The third-order valence-electron chi connectivity index (χ3n) is 9.75. The smallest absolute Gasteiger partial charge is 0.293 e. The van der Waals surface area contributed by atoms with E-state index in [-0.39, 0.29) is 28.0 Å². The molecule has 42 heavy (non-hydrogen) atoms. The molecule has 0 spiro atoms. The molecule has 3 atom stereocenters. The summed E-state index contributed by atoms with van der Waals surface area (Å²) in [6.07, 6.45) is 7.47. The Morgan fingerprint density at radius 2 is 2.00 bits per heavy atom. The highest BCUT2D eigenvalue weighted by Gasteiger charge is 2.58. The van der Waals surface area contributed by atoms with Crippen LogP contribution in [0.25, 0.3) is 0 Å². The molecule has 1 heterocycles. The summed E-state index contributed by atoms with van der Waals surface area (Å²) in [4.78, 5) is 13.8. The quantitative estimate of drug-likeness (QED) is 0.236. The summed E-state index contributed by atoms with van der Waals surface area (Å²) in [6.45, 7) is 5.58. The molecule has 2 aromatic carbocycles. The minimum absolute atomic E-state index is 0.00990. The molecule has 0 aromatic heterocycles. The topological polar surface area (TPSA) is 120 Å². The SMILES string of the molecule is CCc1cc(NC(=S)N(CC2CCN(S(C)(=O)=O)CC2)C2CC[C@]3(c4cccc(C#N)c4)C[C@@H]3C2)c([N+](=O)[O-])cc1C. The Morgan fingerprint density at radius 3 is 2.62 bits per heavy atom. The predicted molar refractivity (Wildman–Crippen MR) is 168 cm³/mol. The molecule has 3 aliphatic rings. The molecule has 2 aliphatic carbocycles. The van der Waals surface area contributed by atoms with E-state index in [1.807, 2.05) is 38.1 Å². The molecule has 1 aliphatic heterocycles. The van der Waals surface area contributed by atoms with Crippen molar-refractivity contribution in [2.75, 3.05) is 31.2 Å². The first-order valence-corrected chi connectivity index (χ1v) is 17.0. The number of hydrogen-bond donors (Lipinski definition) is 1. The van der Waals surface area contributed by atoms with Crippen molar-refractivity contribution in [2.45, 2.75) is 70.3 Å². The van der Waals surface area contributed by atoms with Gasteiger partial charge < -0.3 is 10.2 Å². The summed E-state index contributed by atoms with van der Waals surface area (Å²) in [5, 5.41) is 25.1. The van der Waals surface area contributed by atoms with E-state index < -0.39 is 10.0 Å². The molecule has 0 radical (unpaired) electrons.